The number of carbonyl (C=O) groups excluding carboxylic acids is 2. The Kier molecular flexibility index (Phi) is 12.0. The van der Waals surface area contributed by atoms with Crippen LogP contribution in [0.15, 0.2) is 85.2 Å². The standard InChI is InChI=1S/C35H30F3N7O3.2BrH/c1-42(33(46)24-4-6-26(7-5-24)35(36,37)38)28-9-12-32(41-21-28)48-29-10-11-30-25(17-29)18-31(43(30)2)34(47)45-15-13-44(14-16-45)22-27-8-3-23(19-39)20-40-27;;/h3-12,17-18,20-21H,13-16,22H2,1-2H3;2*1H. The first-order chi connectivity index (χ1) is 23.0. The number of halogens is 5. The molecular formula is C35H32Br2F3N7O3. The molecule has 0 bridgehead atoms. The van der Waals surface area contributed by atoms with Crippen LogP contribution < -0.4 is 9.64 Å². The van der Waals surface area contributed by atoms with Gasteiger partial charge in [-0.3, -0.25) is 19.5 Å². The van der Waals surface area contributed by atoms with Crippen molar-refractivity contribution >= 4 is 62.4 Å². The van der Waals surface area contributed by atoms with Crippen molar-refractivity contribution in [2.24, 2.45) is 7.05 Å². The maximum atomic E-state index is 13.5. The molecule has 1 aliphatic rings. The number of piperazine rings is 1. The predicted octanol–water partition coefficient (Wildman–Crippen LogP) is 7.04. The van der Waals surface area contributed by atoms with Crippen molar-refractivity contribution in [2.75, 3.05) is 38.1 Å². The van der Waals surface area contributed by atoms with E-state index in [0.29, 0.717) is 55.4 Å². The summed E-state index contributed by atoms with van der Waals surface area (Å²) in [5.41, 5.74) is 2.54. The third-order valence-electron chi connectivity index (χ3n) is 8.33. The zero-order chi connectivity index (χ0) is 34.0. The predicted molar refractivity (Wildman–Crippen MR) is 192 cm³/mol. The van der Waals surface area contributed by atoms with E-state index in [2.05, 4.69) is 20.9 Å². The average molecular weight is 815 g/mol. The molecule has 0 saturated carbocycles. The van der Waals surface area contributed by atoms with Gasteiger partial charge in [0.15, 0.2) is 0 Å². The summed E-state index contributed by atoms with van der Waals surface area (Å²) in [6.45, 7) is 3.23. The van der Waals surface area contributed by atoms with Crippen LogP contribution in [0.3, 0.4) is 0 Å². The summed E-state index contributed by atoms with van der Waals surface area (Å²) in [4.78, 5) is 40.4. The topological polar surface area (TPSA) is 108 Å². The van der Waals surface area contributed by atoms with E-state index in [1.165, 1.54) is 18.1 Å². The van der Waals surface area contributed by atoms with Crippen LogP contribution in [0.25, 0.3) is 10.9 Å². The van der Waals surface area contributed by atoms with Gasteiger partial charge in [-0.15, -0.1) is 34.0 Å². The fourth-order valence-electron chi connectivity index (χ4n) is 5.55. The van der Waals surface area contributed by atoms with Crippen molar-refractivity contribution in [3.05, 3.63) is 113 Å². The van der Waals surface area contributed by atoms with Crippen LogP contribution >= 0.6 is 34.0 Å². The number of pyridine rings is 2. The molecule has 4 heterocycles. The van der Waals surface area contributed by atoms with Crippen molar-refractivity contribution in [1.82, 2.24) is 24.3 Å². The molecule has 3 aromatic heterocycles. The number of alkyl halides is 3. The molecule has 1 fully saturated rings. The maximum Gasteiger partial charge on any atom is 0.416 e. The van der Waals surface area contributed by atoms with Crippen LogP contribution in [0.5, 0.6) is 11.6 Å². The van der Waals surface area contributed by atoms with E-state index in [4.69, 9.17) is 10.00 Å². The number of aromatic nitrogens is 3. The van der Waals surface area contributed by atoms with Crippen LogP contribution in [0.1, 0.15) is 37.7 Å². The largest absolute Gasteiger partial charge is 0.439 e. The van der Waals surface area contributed by atoms with Crippen LogP contribution in [0, 0.1) is 11.3 Å². The van der Waals surface area contributed by atoms with E-state index in [-0.39, 0.29) is 51.3 Å². The minimum Gasteiger partial charge on any atom is -0.439 e. The highest BCUT2D eigenvalue weighted by atomic mass is 79.9. The Hall–Kier alpha value is -4.78. The van der Waals surface area contributed by atoms with Crippen molar-refractivity contribution in [2.45, 2.75) is 12.7 Å². The molecule has 50 heavy (non-hydrogen) atoms. The van der Waals surface area contributed by atoms with E-state index >= 15 is 0 Å². The van der Waals surface area contributed by atoms with E-state index in [0.717, 1.165) is 40.9 Å². The number of nitrogens with zero attached hydrogens (tertiary/aromatic N) is 7. The molecule has 0 atom stereocenters. The van der Waals surface area contributed by atoms with Gasteiger partial charge in [0.25, 0.3) is 11.8 Å². The smallest absolute Gasteiger partial charge is 0.416 e. The molecule has 2 amide bonds. The lowest BCUT2D eigenvalue weighted by Gasteiger charge is -2.34. The average Bonchev–Trinajstić information content (AvgIpc) is 3.43. The van der Waals surface area contributed by atoms with Gasteiger partial charge >= 0.3 is 6.18 Å². The van der Waals surface area contributed by atoms with Gasteiger partial charge in [0.1, 0.15) is 17.5 Å². The van der Waals surface area contributed by atoms with Gasteiger partial charge < -0.3 is 19.1 Å². The number of hydrogen-bond acceptors (Lipinski definition) is 7. The molecule has 10 nitrogen and oxygen atoms in total. The molecule has 15 heteroatoms. The second-order valence-corrected chi connectivity index (χ2v) is 11.4. The molecule has 6 rings (SSSR count). The number of ether oxygens (including phenoxy) is 1. The summed E-state index contributed by atoms with van der Waals surface area (Å²) in [6, 6.07) is 20.2. The molecule has 1 aliphatic heterocycles. The lowest BCUT2D eigenvalue weighted by molar-refractivity contribution is -0.137. The number of benzene rings is 2. The molecule has 1 saturated heterocycles. The Morgan fingerprint density at radius 2 is 1.64 bits per heavy atom. The molecule has 260 valence electrons. The lowest BCUT2D eigenvalue weighted by atomic mass is 10.1. The summed E-state index contributed by atoms with van der Waals surface area (Å²) < 4.78 is 46.4. The van der Waals surface area contributed by atoms with Crippen LogP contribution in [-0.2, 0) is 19.8 Å². The van der Waals surface area contributed by atoms with Gasteiger partial charge in [-0.2, -0.15) is 18.4 Å². The fraction of sp³-hybridized carbons (Fsp3) is 0.229. The number of nitriles is 1. The zero-order valence-electron chi connectivity index (χ0n) is 26.9. The highest BCUT2D eigenvalue weighted by molar-refractivity contribution is 8.93. The number of carbonyl (C=O) groups is 2. The van der Waals surface area contributed by atoms with Gasteiger partial charge in [-0.1, -0.05) is 0 Å². The quantitative estimate of drug-likeness (QED) is 0.174. The summed E-state index contributed by atoms with van der Waals surface area (Å²) in [5, 5.41) is 9.79. The Balaban J connectivity index is 0.00000281. The molecule has 0 N–H and O–H groups in total. The first-order valence-electron chi connectivity index (χ1n) is 15.1. The van der Waals surface area contributed by atoms with Gasteiger partial charge in [-0.25, -0.2) is 4.98 Å². The monoisotopic (exact) mass is 813 g/mol. The number of anilines is 1. The normalized spacial score (nSPS) is 13.2. The molecular weight excluding hydrogens is 783 g/mol. The Morgan fingerprint density at radius 3 is 2.24 bits per heavy atom. The Morgan fingerprint density at radius 1 is 0.920 bits per heavy atom. The van der Waals surface area contributed by atoms with E-state index in [1.54, 1.807) is 30.5 Å². The Bertz CT molecular complexity index is 2010. The van der Waals surface area contributed by atoms with E-state index in [9.17, 15) is 22.8 Å². The minimum absolute atomic E-state index is 0. The molecule has 0 unspecified atom stereocenters. The lowest BCUT2D eigenvalue weighted by Crippen LogP contribution is -2.48. The SMILES string of the molecule is Br.Br.CN(C(=O)c1ccc(C(F)(F)F)cc1)c1ccc(Oc2ccc3c(c2)cc(C(=O)N2CCN(Cc4ccc(C#N)cn4)CC2)n3C)nc1. The molecule has 0 spiro atoms. The summed E-state index contributed by atoms with van der Waals surface area (Å²) in [7, 11) is 3.36. The van der Waals surface area contributed by atoms with Crippen LogP contribution in [0.4, 0.5) is 18.9 Å². The summed E-state index contributed by atoms with van der Waals surface area (Å²) in [5.74, 6) is 0.238. The van der Waals surface area contributed by atoms with Crippen molar-refractivity contribution in [3.8, 4) is 17.7 Å². The third kappa shape index (κ3) is 8.32. The maximum absolute atomic E-state index is 13.5. The van der Waals surface area contributed by atoms with Gasteiger partial charge in [0.05, 0.1) is 28.7 Å². The van der Waals surface area contributed by atoms with Crippen LogP contribution in [-0.4, -0.2) is 69.4 Å². The molecule has 2 aromatic carbocycles. The fourth-order valence-corrected chi connectivity index (χ4v) is 5.55. The highest BCUT2D eigenvalue weighted by Crippen LogP contribution is 2.30. The first-order valence-corrected chi connectivity index (χ1v) is 15.1. The van der Waals surface area contributed by atoms with E-state index in [1.807, 2.05) is 40.8 Å². The molecule has 0 aliphatic carbocycles. The number of amides is 2. The second-order valence-electron chi connectivity index (χ2n) is 11.4. The summed E-state index contributed by atoms with van der Waals surface area (Å²) in [6.07, 6.45) is -1.48. The number of aryl methyl sites for hydroxylation is 1. The summed E-state index contributed by atoms with van der Waals surface area (Å²) >= 11 is 0. The number of fused-ring (bicyclic) bond motifs is 1. The minimum atomic E-state index is -4.48. The van der Waals surface area contributed by atoms with Crippen molar-refractivity contribution in [1.29, 1.82) is 5.26 Å². The highest BCUT2D eigenvalue weighted by Gasteiger charge is 2.30. The zero-order valence-corrected chi connectivity index (χ0v) is 30.4. The number of rotatable bonds is 7. The molecule has 5 aromatic rings. The van der Waals surface area contributed by atoms with E-state index < -0.39 is 17.6 Å². The first kappa shape index (κ1) is 38.0. The molecule has 0 radical (unpaired) electrons. The van der Waals surface area contributed by atoms with Crippen LogP contribution in [0.2, 0.25) is 0 Å². The third-order valence-corrected chi connectivity index (χ3v) is 8.33. The van der Waals surface area contributed by atoms with Gasteiger partial charge in [0.2, 0.25) is 5.88 Å². The van der Waals surface area contributed by atoms with Gasteiger partial charge in [0, 0.05) is 75.5 Å². The Labute approximate surface area is 307 Å². The second kappa shape index (κ2) is 15.8. The van der Waals surface area contributed by atoms with Gasteiger partial charge in [-0.05, 0) is 66.7 Å². The van der Waals surface area contributed by atoms with Crippen molar-refractivity contribution in [3.63, 3.8) is 0 Å². The number of hydrogen-bond donors (Lipinski definition) is 0. The van der Waals surface area contributed by atoms with Crippen molar-refractivity contribution < 1.29 is 27.5 Å².